The van der Waals surface area contributed by atoms with Crippen LogP contribution < -0.4 is 0 Å². The average Bonchev–Trinajstić information content (AvgIpc) is 3.16. The van der Waals surface area contributed by atoms with Crippen molar-refractivity contribution in [1.29, 1.82) is 0 Å². The van der Waals surface area contributed by atoms with E-state index in [9.17, 15) is 5.11 Å². The molecule has 202 valence electrons. The van der Waals surface area contributed by atoms with Crippen LogP contribution in [0.5, 0.6) is 0 Å². The molecule has 0 aromatic heterocycles. The van der Waals surface area contributed by atoms with Crippen molar-refractivity contribution in [1.82, 2.24) is 0 Å². The second-order valence-corrected chi connectivity index (χ2v) is 14.2. The Bertz CT molecular complexity index is 712. The monoisotopic (exact) mass is 486 g/mol. The Morgan fingerprint density at radius 1 is 0.943 bits per heavy atom. The van der Waals surface area contributed by atoms with Crippen LogP contribution in [-0.4, -0.2) is 17.5 Å². The number of hydrogen-bond donors (Lipinski definition) is 1. The molecule has 2 heteroatoms. The Morgan fingerprint density at radius 3 is 2.49 bits per heavy atom. The van der Waals surface area contributed by atoms with Crippen LogP contribution in [0.3, 0.4) is 0 Å². The molecular weight excluding hydrogens is 428 g/mol. The molecule has 4 aliphatic carbocycles. The van der Waals surface area contributed by atoms with Gasteiger partial charge in [-0.05, 0) is 111 Å². The maximum atomic E-state index is 10.4. The van der Waals surface area contributed by atoms with Gasteiger partial charge in [0.1, 0.15) is 0 Å². The number of hydrogen-bond acceptors (Lipinski definition) is 2. The van der Waals surface area contributed by atoms with Crippen molar-refractivity contribution in [2.75, 3.05) is 0 Å². The maximum Gasteiger partial charge on any atom is 0.154 e. The van der Waals surface area contributed by atoms with Crippen molar-refractivity contribution in [3.63, 3.8) is 0 Å². The van der Waals surface area contributed by atoms with E-state index in [4.69, 9.17) is 4.74 Å². The van der Waals surface area contributed by atoms with Crippen LogP contribution in [0.1, 0.15) is 138 Å². The van der Waals surface area contributed by atoms with Gasteiger partial charge in [0.25, 0.3) is 0 Å². The van der Waals surface area contributed by atoms with Gasteiger partial charge in [0, 0.05) is 0 Å². The Morgan fingerprint density at radius 2 is 1.74 bits per heavy atom. The topological polar surface area (TPSA) is 29.5 Å². The fourth-order valence-corrected chi connectivity index (χ4v) is 9.63. The summed E-state index contributed by atoms with van der Waals surface area (Å²) in [4.78, 5) is 0. The first-order valence-corrected chi connectivity index (χ1v) is 15.7. The quantitative estimate of drug-likeness (QED) is 0.179. The van der Waals surface area contributed by atoms with E-state index >= 15 is 0 Å². The number of unbranched alkanes of at least 4 members (excludes halogenated alkanes) is 2. The van der Waals surface area contributed by atoms with Crippen LogP contribution in [0.25, 0.3) is 0 Å². The number of aliphatic hydroxyl groups excluding tert-OH is 1. The van der Waals surface area contributed by atoms with Gasteiger partial charge in [0.2, 0.25) is 0 Å². The van der Waals surface area contributed by atoms with Gasteiger partial charge in [0.15, 0.2) is 6.29 Å². The first kappa shape index (κ1) is 27.7. The molecule has 5 unspecified atom stereocenters. The van der Waals surface area contributed by atoms with Crippen LogP contribution in [0, 0.1) is 46.3 Å². The third kappa shape index (κ3) is 5.74. The van der Waals surface area contributed by atoms with Gasteiger partial charge in [-0.25, -0.2) is 0 Å². The molecule has 0 aliphatic heterocycles. The summed E-state index contributed by atoms with van der Waals surface area (Å²) in [6.07, 6.45) is 21.4. The molecule has 35 heavy (non-hydrogen) atoms. The van der Waals surface area contributed by atoms with Crippen LogP contribution in [0.2, 0.25) is 0 Å². The van der Waals surface area contributed by atoms with E-state index in [0.29, 0.717) is 10.8 Å². The number of fused-ring (bicyclic) bond motifs is 5. The molecule has 2 nitrogen and oxygen atoms in total. The third-order valence-corrected chi connectivity index (χ3v) is 11.7. The van der Waals surface area contributed by atoms with E-state index in [1.165, 1.54) is 70.6 Å². The maximum absolute atomic E-state index is 10.4. The lowest BCUT2D eigenvalue weighted by molar-refractivity contribution is -0.152. The number of ether oxygens (including phenoxy) is 1. The lowest BCUT2D eigenvalue weighted by atomic mass is 9.47. The summed E-state index contributed by atoms with van der Waals surface area (Å²) in [6, 6.07) is 0. The summed E-state index contributed by atoms with van der Waals surface area (Å²) >= 11 is 0. The summed E-state index contributed by atoms with van der Waals surface area (Å²) in [5, 5.41) is 10.4. The standard InChI is InChI=1S/C33H58O2/c1-7-8-9-13-31(34)35-26-18-20-32(5)25(22-26)14-15-27-29-17-16-28(24(4)12-10-11-23(2)3)33(29,6)21-19-30(27)32/h14,23-24,26-31,34H,7-13,15-22H2,1-6H3/t24-,26?,27?,28-,29?,30?,31?,32+,33-/m1/s1. The van der Waals surface area contributed by atoms with Crippen molar-refractivity contribution >= 4 is 0 Å². The van der Waals surface area contributed by atoms with Crippen LogP contribution in [0.4, 0.5) is 0 Å². The van der Waals surface area contributed by atoms with Crippen LogP contribution in [0.15, 0.2) is 11.6 Å². The third-order valence-electron chi connectivity index (χ3n) is 11.7. The van der Waals surface area contributed by atoms with Crippen LogP contribution in [-0.2, 0) is 4.74 Å². The van der Waals surface area contributed by atoms with Crippen molar-refractivity contribution < 1.29 is 9.84 Å². The first-order valence-electron chi connectivity index (χ1n) is 15.7. The molecule has 3 fully saturated rings. The van der Waals surface area contributed by atoms with Crippen molar-refractivity contribution in [3.05, 3.63) is 11.6 Å². The van der Waals surface area contributed by atoms with Crippen molar-refractivity contribution in [3.8, 4) is 0 Å². The summed E-state index contributed by atoms with van der Waals surface area (Å²) in [6.45, 7) is 14.9. The molecule has 0 heterocycles. The summed E-state index contributed by atoms with van der Waals surface area (Å²) in [5.74, 6) is 5.37. The minimum absolute atomic E-state index is 0.221. The smallest absolute Gasteiger partial charge is 0.154 e. The van der Waals surface area contributed by atoms with Crippen LogP contribution >= 0.6 is 0 Å². The fraction of sp³-hybridized carbons (Fsp3) is 0.939. The van der Waals surface area contributed by atoms with Gasteiger partial charge in [-0.1, -0.05) is 85.3 Å². The van der Waals surface area contributed by atoms with Gasteiger partial charge >= 0.3 is 0 Å². The van der Waals surface area contributed by atoms with E-state index in [1.54, 1.807) is 5.57 Å². The lowest BCUT2D eigenvalue weighted by Crippen LogP contribution is -2.51. The molecule has 4 aliphatic rings. The minimum atomic E-state index is -0.568. The van der Waals surface area contributed by atoms with E-state index in [0.717, 1.165) is 61.2 Å². The molecule has 0 aromatic carbocycles. The second-order valence-electron chi connectivity index (χ2n) is 14.2. The lowest BCUT2D eigenvalue weighted by Gasteiger charge is -2.58. The highest BCUT2D eigenvalue weighted by Crippen LogP contribution is 2.67. The van der Waals surface area contributed by atoms with Gasteiger partial charge < -0.3 is 9.84 Å². The molecule has 3 saturated carbocycles. The zero-order chi connectivity index (χ0) is 25.2. The summed E-state index contributed by atoms with van der Waals surface area (Å²) < 4.78 is 6.16. The van der Waals surface area contributed by atoms with Gasteiger partial charge in [-0.3, -0.25) is 0 Å². The predicted molar refractivity (Wildman–Crippen MR) is 148 cm³/mol. The highest BCUT2D eigenvalue weighted by molar-refractivity contribution is 5.25. The zero-order valence-corrected chi connectivity index (χ0v) is 24.2. The van der Waals surface area contributed by atoms with Gasteiger partial charge in [-0.15, -0.1) is 0 Å². The summed E-state index contributed by atoms with van der Waals surface area (Å²) in [7, 11) is 0. The Hall–Kier alpha value is -0.340. The molecule has 0 aromatic rings. The molecular formula is C33H58O2. The Balaban J connectivity index is 1.39. The van der Waals surface area contributed by atoms with Gasteiger partial charge in [0.05, 0.1) is 6.10 Å². The Labute approximate surface area is 218 Å². The molecule has 4 rings (SSSR count). The average molecular weight is 487 g/mol. The number of allylic oxidation sites excluding steroid dienone is 1. The minimum Gasteiger partial charge on any atom is -0.368 e. The highest BCUT2D eigenvalue weighted by atomic mass is 16.6. The van der Waals surface area contributed by atoms with E-state index in [-0.39, 0.29) is 6.10 Å². The second kappa shape index (κ2) is 11.6. The molecule has 1 N–H and O–H groups in total. The van der Waals surface area contributed by atoms with E-state index < -0.39 is 6.29 Å². The summed E-state index contributed by atoms with van der Waals surface area (Å²) in [5.41, 5.74) is 2.62. The largest absolute Gasteiger partial charge is 0.368 e. The molecule has 0 spiro atoms. The van der Waals surface area contributed by atoms with Crippen molar-refractivity contribution in [2.24, 2.45) is 46.3 Å². The van der Waals surface area contributed by atoms with E-state index in [1.807, 2.05) is 0 Å². The SMILES string of the molecule is CCCCCC(O)OC1CC[C@@]2(C)C(=CCC3C2CC[C@@]2(C)C3CC[C@@H]2[C@H](C)CCCC(C)C)C1. The Kier molecular flexibility index (Phi) is 9.17. The highest BCUT2D eigenvalue weighted by Gasteiger charge is 2.59. The molecule has 0 amide bonds. The molecule has 0 saturated heterocycles. The van der Waals surface area contributed by atoms with Crippen molar-refractivity contribution in [2.45, 2.75) is 150 Å². The number of rotatable bonds is 11. The zero-order valence-electron chi connectivity index (χ0n) is 24.2. The molecule has 9 atom stereocenters. The fourth-order valence-electron chi connectivity index (χ4n) is 9.63. The first-order chi connectivity index (χ1) is 16.7. The predicted octanol–water partition coefficient (Wildman–Crippen LogP) is 9.31. The normalized spacial score (nSPS) is 40.6. The van der Waals surface area contributed by atoms with E-state index in [2.05, 4.69) is 47.6 Å². The molecule has 0 radical (unpaired) electrons. The number of aliphatic hydroxyl groups is 1. The molecule has 0 bridgehead atoms. The van der Waals surface area contributed by atoms with Gasteiger partial charge in [-0.2, -0.15) is 0 Å².